The molecule has 1 unspecified atom stereocenters. The first kappa shape index (κ1) is 16.9. The summed E-state index contributed by atoms with van der Waals surface area (Å²) in [6.45, 7) is 0.683. The van der Waals surface area contributed by atoms with E-state index in [0.717, 1.165) is 36.7 Å². The quantitative estimate of drug-likeness (QED) is 0.735. The van der Waals surface area contributed by atoms with E-state index in [1.807, 2.05) is 18.2 Å². The van der Waals surface area contributed by atoms with Crippen LogP contribution in [-0.2, 0) is 19.1 Å². The average molecular weight is 361 g/mol. The van der Waals surface area contributed by atoms with E-state index in [-0.39, 0.29) is 6.04 Å². The molecule has 4 rings (SSSR count). The number of halogens is 3. The maximum Gasteiger partial charge on any atom is 0.435 e. The maximum absolute atomic E-state index is 12.6. The van der Waals surface area contributed by atoms with Crippen molar-refractivity contribution in [3.05, 3.63) is 71.4 Å². The lowest BCUT2D eigenvalue weighted by molar-refractivity contribution is -0.141. The molecule has 0 saturated heterocycles. The Labute approximate surface area is 148 Å². The molecule has 1 aromatic carbocycles. The van der Waals surface area contributed by atoms with E-state index in [1.165, 1.54) is 16.4 Å². The van der Waals surface area contributed by atoms with Crippen LogP contribution < -0.4 is 5.32 Å². The van der Waals surface area contributed by atoms with Crippen LogP contribution in [0.3, 0.4) is 0 Å². The van der Waals surface area contributed by atoms with Crippen molar-refractivity contribution < 1.29 is 17.6 Å². The summed E-state index contributed by atoms with van der Waals surface area (Å²) < 4.78 is 44.7. The van der Waals surface area contributed by atoms with Gasteiger partial charge in [-0.2, -0.15) is 18.3 Å². The summed E-state index contributed by atoms with van der Waals surface area (Å²) in [6, 6.07) is 10.6. The van der Waals surface area contributed by atoms with Gasteiger partial charge in [0.15, 0.2) is 5.69 Å². The summed E-state index contributed by atoms with van der Waals surface area (Å²) in [5.74, 6) is 1.06. The van der Waals surface area contributed by atoms with Crippen LogP contribution in [-0.4, -0.2) is 9.78 Å². The number of furan rings is 1. The predicted octanol–water partition coefficient (Wildman–Crippen LogP) is 4.65. The zero-order valence-corrected chi connectivity index (χ0v) is 14.0. The topological polar surface area (TPSA) is 43.0 Å². The van der Waals surface area contributed by atoms with Crippen LogP contribution in [0.5, 0.6) is 0 Å². The molecule has 2 heterocycles. The van der Waals surface area contributed by atoms with Crippen molar-refractivity contribution in [2.75, 3.05) is 0 Å². The molecule has 26 heavy (non-hydrogen) atoms. The molecule has 1 aliphatic rings. The molecule has 3 aromatic rings. The first-order chi connectivity index (χ1) is 12.5. The molecule has 0 bridgehead atoms. The Morgan fingerprint density at radius 1 is 1.15 bits per heavy atom. The maximum atomic E-state index is 12.6. The van der Waals surface area contributed by atoms with Crippen molar-refractivity contribution in [1.82, 2.24) is 15.1 Å². The Hall–Kier alpha value is -2.54. The first-order valence-corrected chi connectivity index (χ1v) is 8.52. The molecule has 0 radical (unpaired) electrons. The summed E-state index contributed by atoms with van der Waals surface area (Å²) in [6.07, 6.45) is 1.77. The van der Waals surface area contributed by atoms with Gasteiger partial charge < -0.3 is 9.73 Å². The van der Waals surface area contributed by atoms with Crippen molar-refractivity contribution in [1.29, 1.82) is 0 Å². The van der Waals surface area contributed by atoms with Gasteiger partial charge in [-0.15, -0.1) is 0 Å². The summed E-state index contributed by atoms with van der Waals surface area (Å²) in [5.41, 5.74) is 1.99. The second-order valence-electron chi connectivity index (χ2n) is 6.43. The molecule has 1 aliphatic carbocycles. The molecule has 1 atom stereocenters. The van der Waals surface area contributed by atoms with Crippen molar-refractivity contribution in [2.45, 2.75) is 38.0 Å². The highest BCUT2D eigenvalue weighted by Gasteiger charge is 2.33. The lowest BCUT2D eigenvalue weighted by atomic mass is 9.93. The number of alkyl halides is 3. The lowest BCUT2D eigenvalue weighted by Gasteiger charge is -2.23. The second-order valence-corrected chi connectivity index (χ2v) is 6.43. The van der Waals surface area contributed by atoms with Gasteiger partial charge in [-0.1, -0.05) is 12.1 Å². The fraction of sp³-hybridized carbons (Fsp3) is 0.316. The number of nitrogens with one attached hydrogen (secondary N) is 1. The van der Waals surface area contributed by atoms with E-state index < -0.39 is 11.9 Å². The second kappa shape index (κ2) is 6.64. The highest BCUT2D eigenvalue weighted by Crippen LogP contribution is 2.31. The Bertz CT molecular complexity index is 880. The molecule has 7 heteroatoms. The van der Waals surface area contributed by atoms with E-state index in [2.05, 4.69) is 10.4 Å². The fourth-order valence-electron chi connectivity index (χ4n) is 3.32. The number of hydrogen-bond donors (Lipinski definition) is 1. The van der Waals surface area contributed by atoms with Crippen molar-refractivity contribution in [2.24, 2.45) is 0 Å². The molecule has 0 amide bonds. The van der Waals surface area contributed by atoms with Crippen LogP contribution in [0.4, 0.5) is 13.2 Å². The summed E-state index contributed by atoms with van der Waals surface area (Å²) in [5, 5.41) is 7.12. The smallest absolute Gasteiger partial charge is 0.435 e. The first-order valence-electron chi connectivity index (χ1n) is 8.52. The fourth-order valence-corrected chi connectivity index (χ4v) is 3.32. The van der Waals surface area contributed by atoms with Gasteiger partial charge >= 0.3 is 6.18 Å². The van der Waals surface area contributed by atoms with E-state index in [1.54, 1.807) is 18.4 Å². The highest BCUT2D eigenvalue weighted by molar-refractivity contribution is 5.34. The number of aryl methyl sites for hydroxylation is 1. The molecule has 0 aliphatic heterocycles. The van der Waals surface area contributed by atoms with Crippen molar-refractivity contribution in [3.63, 3.8) is 0 Å². The summed E-state index contributed by atoms with van der Waals surface area (Å²) in [4.78, 5) is 0. The minimum Gasteiger partial charge on any atom is -0.469 e. The summed E-state index contributed by atoms with van der Waals surface area (Å²) >= 11 is 0. The number of benzene rings is 1. The number of nitrogens with zero attached hydrogens (tertiary/aromatic N) is 2. The largest absolute Gasteiger partial charge is 0.469 e. The molecule has 1 N–H and O–H groups in total. The summed E-state index contributed by atoms with van der Waals surface area (Å²) in [7, 11) is 0. The Morgan fingerprint density at radius 2 is 1.96 bits per heavy atom. The Balaban J connectivity index is 1.42. The highest BCUT2D eigenvalue weighted by atomic mass is 19.4. The van der Waals surface area contributed by atoms with Crippen LogP contribution in [0.2, 0.25) is 0 Å². The van der Waals surface area contributed by atoms with Gasteiger partial charge in [-0.25, -0.2) is 4.68 Å². The Kier molecular flexibility index (Phi) is 4.32. The number of hydrogen-bond acceptors (Lipinski definition) is 3. The molecule has 0 fully saturated rings. The van der Waals surface area contributed by atoms with Crippen LogP contribution in [0.25, 0.3) is 5.69 Å². The van der Waals surface area contributed by atoms with Gasteiger partial charge in [0.1, 0.15) is 5.76 Å². The molecule has 2 aromatic heterocycles. The average Bonchev–Trinajstić information content (AvgIpc) is 3.29. The molecular weight excluding hydrogens is 343 g/mol. The van der Waals surface area contributed by atoms with E-state index in [4.69, 9.17) is 4.42 Å². The van der Waals surface area contributed by atoms with Gasteiger partial charge in [0.05, 0.1) is 12.0 Å². The molecule has 4 nitrogen and oxygen atoms in total. The van der Waals surface area contributed by atoms with Gasteiger partial charge in [-0.3, -0.25) is 0 Å². The third kappa shape index (κ3) is 3.39. The van der Waals surface area contributed by atoms with Crippen molar-refractivity contribution >= 4 is 0 Å². The number of fused-ring (bicyclic) bond motifs is 1. The van der Waals surface area contributed by atoms with E-state index in [9.17, 15) is 13.2 Å². The molecular formula is C19H18F3N3O. The van der Waals surface area contributed by atoms with Crippen LogP contribution in [0.15, 0.2) is 53.3 Å². The Morgan fingerprint density at radius 3 is 2.69 bits per heavy atom. The normalized spacial score (nSPS) is 17.3. The van der Waals surface area contributed by atoms with E-state index in [0.29, 0.717) is 12.2 Å². The predicted molar refractivity (Wildman–Crippen MR) is 89.8 cm³/mol. The third-order valence-corrected chi connectivity index (χ3v) is 4.68. The zero-order chi connectivity index (χ0) is 18.1. The zero-order valence-electron chi connectivity index (χ0n) is 14.0. The van der Waals surface area contributed by atoms with Gasteiger partial charge in [0.2, 0.25) is 0 Å². The van der Waals surface area contributed by atoms with Gasteiger partial charge in [0, 0.05) is 30.8 Å². The van der Waals surface area contributed by atoms with Crippen LogP contribution >= 0.6 is 0 Å². The molecule has 136 valence electrons. The monoisotopic (exact) mass is 361 g/mol. The van der Waals surface area contributed by atoms with E-state index >= 15 is 0 Å². The number of rotatable bonds is 4. The van der Waals surface area contributed by atoms with Crippen LogP contribution in [0, 0.1) is 0 Å². The minimum absolute atomic E-state index is 0.276. The van der Waals surface area contributed by atoms with Gasteiger partial charge in [-0.05, 0) is 42.7 Å². The molecule has 0 spiro atoms. The number of aromatic nitrogens is 2. The molecule has 0 saturated carbocycles. The minimum atomic E-state index is -4.43. The SMILES string of the molecule is FC(F)(F)c1ccn(-c2ccc(CNC3CCCc4occc43)cc2)n1. The third-order valence-electron chi connectivity index (χ3n) is 4.68. The van der Waals surface area contributed by atoms with Crippen LogP contribution in [0.1, 0.15) is 41.5 Å². The standard InChI is InChI=1S/C19H18F3N3O/c20-19(21,22)18-8-10-25(24-18)14-6-4-13(5-7-14)12-23-16-2-1-3-17-15(16)9-11-26-17/h4-11,16,23H,1-3,12H2. The van der Waals surface area contributed by atoms with Gasteiger partial charge in [0.25, 0.3) is 0 Å². The van der Waals surface area contributed by atoms with Crippen molar-refractivity contribution in [3.8, 4) is 5.69 Å². The lowest BCUT2D eigenvalue weighted by Crippen LogP contribution is -2.24.